The fourth-order valence-corrected chi connectivity index (χ4v) is 6.56. The Balaban J connectivity index is 2.42. The number of ether oxygens (including phenoxy) is 2. The predicted octanol–water partition coefficient (Wildman–Crippen LogP) is 7.94. The van der Waals surface area contributed by atoms with Crippen molar-refractivity contribution in [2.45, 2.75) is 224 Å². The number of allylic oxidation sites excluding steroid dienone is 3. The van der Waals surface area contributed by atoms with Crippen molar-refractivity contribution in [3.05, 3.63) is 24.3 Å². The summed E-state index contributed by atoms with van der Waals surface area (Å²) in [6.45, 7) is 3.74. The summed E-state index contributed by atoms with van der Waals surface area (Å²) in [4.78, 5) is 12.9. The standard InChI is InChI=1S/C42H79NO8/c1-3-5-7-9-11-13-15-17-18-20-22-24-26-28-30-32-38(46)43-35(34-50-42-41(49)40(48)39(47)37(33-44)51-42)36(45)31-29-27-25-23-21-19-16-14-12-10-8-6-4-2/h17-18,29,31,35-37,39-42,44-45,47-49H,3-16,19-28,30,32-34H2,1-2H3,(H,43,46)/b18-17-,31-29+/t35-,36+,37+,39+,40-,41+,42+/m0/s1. The molecule has 1 aliphatic rings. The van der Waals surface area contributed by atoms with E-state index in [0.717, 1.165) is 57.8 Å². The normalized spacial score (nSPS) is 22.2. The minimum Gasteiger partial charge on any atom is -0.394 e. The van der Waals surface area contributed by atoms with Crippen LogP contribution in [-0.2, 0) is 14.3 Å². The molecule has 1 fully saturated rings. The fourth-order valence-electron chi connectivity index (χ4n) is 6.56. The van der Waals surface area contributed by atoms with Crippen LogP contribution in [0, 0.1) is 0 Å². The molecule has 0 unspecified atom stereocenters. The summed E-state index contributed by atoms with van der Waals surface area (Å²) in [5, 5.41) is 54.0. The molecular weight excluding hydrogens is 646 g/mol. The Hall–Kier alpha value is -1.33. The van der Waals surface area contributed by atoms with Gasteiger partial charge in [-0.25, -0.2) is 0 Å². The number of carbonyl (C=O) groups excluding carboxylic acids is 1. The van der Waals surface area contributed by atoms with E-state index >= 15 is 0 Å². The minimum atomic E-state index is -1.56. The van der Waals surface area contributed by atoms with Crippen LogP contribution >= 0.6 is 0 Å². The molecule has 1 heterocycles. The van der Waals surface area contributed by atoms with Crippen LogP contribution in [0.5, 0.6) is 0 Å². The summed E-state index contributed by atoms with van der Waals surface area (Å²) < 4.78 is 11.2. The van der Waals surface area contributed by atoms with E-state index in [0.29, 0.717) is 6.42 Å². The minimum absolute atomic E-state index is 0.187. The van der Waals surface area contributed by atoms with Crippen molar-refractivity contribution in [1.82, 2.24) is 5.32 Å². The van der Waals surface area contributed by atoms with Gasteiger partial charge in [-0.15, -0.1) is 0 Å². The van der Waals surface area contributed by atoms with Gasteiger partial charge in [-0.05, 0) is 44.9 Å². The van der Waals surface area contributed by atoms with Crippen molar-refractivity contribution in [2.24, 2.45) is 0 Å². The SMILES string of the molecule is CCCCCCCC/C=C\CCCCCCCC(=O)N[C@@H](CO[C@@H]1O[C@H](CO)[C@@H](O)[C@H](O)[C@H]1O)[C@H](O)/C=C/CCCCCCCCCCCCC. The van der Waals surface area contributed by atoms with Gasteiger partial charge in [0.2, 0.25) is 5.91 Å². The van der Waals surface area contributed by atoms with Crippen molar-refractivity contribution in [1.29, 1.82) is 0 Å². The maximum atomic E-state index is 12.9. The van der Waals surface area contributed by atoms with Gasteiger partial charge in [0.05, 0.1) is 25.4 Å². The number of amides is 1. The molecule has 1 aliphatic heterocycles. The van der Waals surface area contributed by atoms with Crippen LogP contribution in [0.15, 0.2) is 24.3 Å². The highest BCUT2D eigenvalue weighted by Crippen LogP contribution is 2.22. The first-order chi connectivity index (χ1) is 24.8. The lowest BCUT2D eigenvalue weighted by molar-refractivity contribution is -0.302. The first-order valence-electron chi connectivity index (χ1n) is 21.1. The highest BCUT2D eigenvalue weighted by molar-refractivity contribution is 5.76. The topological polar surface area (TPSA) is 149 Å². The van der Waals surface area contributed by atoms with Gasteiger partial charge in [0.15, 0.2) is 6.29 Å². The third-order valence-electron chi connectivity index (χ3n) is 10.0. The third kappa shape index (κ3) is 24.6. The van der Waals surface area contributed by atoms with Gasteiger partial charge in [0.25, 0.3) is 0 Å². The quantitative estimate of drug-likeness (QED) is 0.0289. The van der Waals surface area contributed by atoms with Gasteiger partial charge in [0, 0.05) is 6.42 Å². The molecule has 51 heavy (non-hydrogen) atoms. The Kier molecular flexibility index (Phi) is 31.1. The first-order valence-corrected chi connectivity index (χ1v) is 21.1. The van der Waals surface area contributed by atoms with Crippen LogP contribution in [0.2, 0.25) is 0 Å². The number of hydrogen-bond acceptors (Lipinski definition) is 8. The van der Waals surface area contributed by atoms with Crippen molar-refractivity contribution in [3.63, 3.8) is 0 Å². The average molecular weight is 726 g/mol. The number of hydrogen-bond donors (Lipinski definition) is 6. The second kappa shape index (κ2) is 33.3. The van der Waals surface area contributed by atoms with E-state index in [-0.39, 0.29) is 12.5 Å². The van der Waals surface area contributed by atoms with Crippen molar-refractivity contribution >= 4 is 5.91 Å². The van der Waals surface area contributed by atoms with Crippen LogP contribution < -0.4 is 5.32 Å². The lowest BCUT2D eigenvalue weighted by atomic mass is 9.99. The van der Waals surface area contributed by atoms with Crippen molar-refractivity contribution in [2.75, 3.05) is 13.2 Å². The molecule has 0 spiro atoms. The average Bonchev–Trinajstić information content (AvgIpc) is 3.13. The fraction of sp³-hybridized carbons (Fsp3) is 0.881. The van der Waals surface area contributed by atoms with Crippen LogP contribution in [-0.4, -0.2) is 87.5 Å². The molecule has 6 N–H and O–H groups in total. The number of aliphatic hydroxyl groups excluding tert-OH is 5. The molecule has 1 amide bonds. The van der Waals surface area contributed by atoms with Crippen molar-refractivity contribution < 1.29 is 39.8 Å². The van der Waals surface area contributed by atoms with Gasteiger partial charge >= 0.3 is 0 Å². The summed E-state index contributed by atoms with van der Waals surface area (Å²) >= 11 is 0. The molecule has 9 nitrogen and oxygen atoms in total. The maximum absolute atomic E-state index is 12.9. The maximum Gasteiger partial charge on any atom is 0.220 e. The van der Waals surface area contributed by atoms with Gasteiger partial charge < -0.3 is 40.3 Å². The highest BCUT2D eigenvalue weighted by atomic mass is 16.7. The summed E-state index contributed by atoms with van der Waals surface area (Å²) in [7, 11) is 0. The van der Waals surface area contributed by atoms with E-state index < -0.39 is 49.5 Å². The Morgan fingerprint density at radius 2 is 1.10 bits per heavy atom. The lowest BCUT2D eigenvalue weighted by Gasteiger charge is -2.40. The van der Waals surface area contributed by atoms with E-state index in [1.165, 1.54) is 103 Å². The number of carbonyl (C=O) groups is 1. The van der Waals surface area contributed by atoms with Crippen LogP contribution in [0.4, 0.5) is 0 Å². The van der Waals surface area contributed by atoms with E-state index in [1.54, 1.807) is 6.08 Å². The van der Waals surface area contributed by atoms with Gasteiger partial charge in [-0.1, -0.05) is 154 Å². The lowest BCUT2D eigenvalue weighted by Crippen LogP contribution is -2.60. The smallest absolute Gasteiger partial charge is 0.220 e. The Morgan fingerprint density at radius 3 is 1.59 bits per heavy atom. The number of nitrogens with one attached hydrogen (secondary N) is 1. The third-order valence-corrected chi connectivity index (χ3v) is 10.0. The van der Waals surface area contributed by atoms with Crippen LogP contribution in [0.3, 0.4) is 0 Å². The molecule has 0 aromatic carbocycles. The molecule has 9 heteroatoms. The van der Waals surface area contributed by atoms with Crippen LogP contribution in [0.1, 0.15) is 181 Å². The first kappa shape index (κ1) is 47.7. The summed E-state index contributed by atoms with van der Waals surface area (Å²) in [5.74, 6) is -0.187. The zero-order valence-electron chi connectivity index (χ0n) is 32.6. The van der Waals surface area contributed by atoms with E-state index in [1.807, 2.05) is 6.08 Å². The predicted molar refractivity (Wildman–Crippen MR) is 207 cm³/mol. The van der Waals surface area contributed by atoms with Crippen LogP contribution in [0.25, 0.3) is 0 Å². The van der Waals surface area contributed by atoms with E-state index in [4.69, 9.17) is 9.47 Å². The Bertz CT molecular complexity index is 853. The molecule has 1 saturated heterocycles. The molecule has 7 atom stereocenters. The largest absolute Gasteiger partial charge is 0.394 e. The second-order valence-electron chi connectivity index (χ2n) is 14.8. The van der Waals surface area contributed by atoms with E-state index in [9.17, 15) is 30.3 Å². The van der Waals surface area contributed by atoms with Gasteiger partial charge in [-0.3, -0.25) is 4.79 Å². The monoisotopic (exact) mass is 726 g/mol. The molecule has 0 aromatic heterocycles. The molecule has 0 aromatic rings. The molecule has 1 rings (SSSR count). The Morgan fingerprint density at radius 1 is 0.647 bits per heavy atom. The zero-order valence-corrected chi connectivity index (χ0v) is 32.6. The zero-order chi connectivity index (χ0) is 37.4. The number of unbranched alkanes of at least 4 members (excludes halogenated alkanes) is 22. The molecule has 0 saturated carbocycles. The van der Waals surface area contributed by atoms with Gasteiger partial charge in [-0.2, -0.15) is 0 Å². The van der Waals surface area contributed by atoms with Crippen molar-refractivity contribution in [3.8, 4) is 0 Å². The molecule has 300 valence electrons. The van der Waals surface area contributed by atoms with Gasteiger partial charge in [0.1, 0.15) is 24.4 Å². The molecular formula is C42H79NO8. The number of aliphatic hydroxyl groups is 5. The number of rotatable bonds is 34. The second-order valence-corrected chi connectivity index (χ2v) is 14.8. The summed E-state index contributed by atoms with van der Waals surface area (Å²) in [6.07, 6.45) is 30.7. The van der Waals surface area contributed by atoms with E-state index in [2.05, 4.69) is 31.3 Å². The molecule has 0 radical (unpaired) electrons. The molecule has 0 bridgehead atoms. The summed E-state index contributed by atoms with van der Waals surface area (Å²) in [5.41, 5.74) is 0. The Labute approximate surface area is 311 Å². The highest BCUT2D eigenvalue weighted by Gasteiger charge is 2.44. The summed E-state index contributed by atoms with van der Waals surface area (Å²) in [6, 6.07) is -0.804. The molecule has 0 aliphatic carbocycles.